The number of aryl methyl sites for hydroxylation is 1. The summed E-state index contributed by atoms with van der Waals surface area (Å²) >= 11 is 0. The third-order valence-electron chi connectivity index (χ3n) is 7.62. The highest BCUT2D eigenvalue weighted by molar-refractivity contribution is 5.71. The lowest BCUT2D eigenvalue weighted by Crippen LogP contribution is -2.24. The number of carboxylic acids is 1. The first-order valence-electron chi connectivity index (χ1n) is 13.2. The Labute approximate surface area is 223 Å². The van der Waals surface area contributed by atoms with Gasteiger partial charge in [0.1, 0.15) is 17.7 Å². The summed E-state index contributed by atoms with van der Waals surface area (Å²) in [6, 6.07) is 11.4. The van der Waals surface area contributed by atoms with Crippen LogP contribution in [0.3, 0.4) is 0 Å². The van der Waals surface area contributed by atoms with Gasteiger partial charge in [-0.05, 0) is 55.1 Å². The molecule has 1 aliphatic rings. The number of carbonyl (C=O) groups is 1. The van der Waals surface area contributed by atoms with Gasteiger partial charge in [0.05, 0.1) is 30.6 Å². The molecule has 2 aromatic heterocycles. The average Bonchev–Trinajstić information content (AvgIpc) is 2.94. The van der Waals surface area contributed by atoms with E-state index < -0.39 is 17.7 Å². The molecule has 0 bridgehead atoms. The Morgan fingerprint density at radius 2 is 1.95 bits per heavy atom. The van der Waals surface area contributed by atoms with Gasteiger partial charge in [0.2, 0.25) is 5.88 Å². The van der Waals surface area contributed by atoms with E-state index in [1.54, 1.807) is 13.0 Å². The van der Waals surface area contributed by atoms with Crippen LogP contribution >= 0.6 is 0 Å². The first-order valence-corrected chi connectivity index (χ1v) is 13.2. The molecule has 1 aromatic carbocycles. The van der Waals surface area contributed by atoms with Crippen molar-refractivity contribution in [3.63, 3.8) is 0 Å². The number of hydrogen-bond acceptors (Lipinski definition) is 6. The third-order valence-corrected chi connectivity index (χ3v) is 7.62. The average molecular weight is 522 g/mol. The molecule has 0 fully saturated rings. The Bertz CT molecular complexity index is 1290. The predicted octanol–water partition coefficient (Wildman–Crippen LogP) is 6.02. The molecule has 3 heterocycles. The number of nitrogens with zero attached hydrogens (tertiary/aromatic N) is 3. The molecule has 0 aliphatic carbocycles. The van der Waals surface area contributed by atoms with Crippen LogP contribution in [0.15, 0.2) is 42.6 Å². The first kappa shape index (κ1) is 27.5. The zero-order chi connectivity index (χ0) is 27.4. The van der Waals surface area contributed by atoms with Crippen LogP contribution in [0.5, 0.6) is 11.6 Å². The van der Waals surface area contributed by atoms with Crippen LogP contribution in [0, 0.1) is 11.7 Å². The minimum atomic E-state index is -0.817. The molecule has 38 heavy (non-hydrogen) atoms. The lowest BCUT2D eigenvalue weighted by Gasteiger charge is -2.28. The molecule has 3 atom stereocenters. The zero-order valence-corrected chi connectivity index (χ0v) is 22.7. The molecule has 0 amide bonds. The molecule has 0 saturated carbocycles. The molecule has 1 N–H and O–H groups in total. The monoisotopic (exact) mass is 521 g/mol. The maximum absolute atomic E-state index is 14.9. The van der Waals surface area contributed by atoms with Crippen LogP contribution in [-0.4, -0.2) is 46.1 Å². The molecule has 3 aromatic rings. The summed E-state index contributed by atoms with van der Waals surface area (Å²) in [6.07, 6.45) is 2.51. The van der Waals surface area contributed by atoms with E-state index in [0.717, 1.165) is 54.2 Å². The van der Waals surface area contributed by atoms with Crippen LogP contribution in [-0.2, 0) is 17.8 Å². The molecule has 0 radical (unpaired) electrons. The second kappa shape index (κ2) is 11.9. The normalized spacial score (nSPS) is 16.4. The molecule has 202 valence electrons. The van der Waals surface area contributed by atoms with Crippen molar-refractivity contribution >= 4 is 5.97 Å². The Hall–Kier alpha value is -3.52. The number of aliphatic carboxylic acids is 1. The molecule has 1 aliphatic heterocycles. The van der Waals surface area contributed by atoms with Gasteiger partial charge in [0.15, 0.2) is 0 Å². The number of benzene rings is 1. The maximum Gasteiger partial charge on any atom is 0.306 e. The standard InChI is InChI=1S/C30H36FN3O4/c1-6-34(7-2)17-26-22(23-15-29(37-5)32-16-24(23)31)11-12-25(33-26)27-13-10-20-8-9-21(14-28(20)38-27)18(3)19(4)30(35)36/h8-9,11-12,14-16,18-19,27H,6-7,10,13,17H2,1-5H3,(H,35,36)/t18-,19+,27?/m1/s1. The molecule has 0 spiro atoms. The number of hydrogen-bond donors (Lipinski definition) is 1. The lowest BCUT2D eigenvalue weighted by molar-refractivity contribution is -0.141. The zero-order valence-electron chi connectivity index (χ0n) is 22.7. The molecule has 1 unspecified atom stereocenters. The predicted molar refractivity (Wildman–Crippen MR) is 144 cm³/mol. The van der Waals surface area contributed by atoms with Crippen LogP contribution in [0.25, 0.3) is 11.1 Å². The summed E-state index contributed by atoms with van der Waals surface area (Å²) in [5.41, 5.74) is 4.71. The highest BCUT2D eigenvalue weighted by atomic mass is 19.1. The summed E-state index contributed by atoms with van der Waals surface area (Å²) in [5, 5.41) is 9.44. The van der Waals surface area contributed by atoms with E-state index in [-0.39, 0.29) is 12.0 Å². The van der Waals surface area contributed by atoms with Crippen molar-refractivity contribution in [3.05, 3.63) is 70.9 Å². The third kappa shape index (κ3) is 5.80. The SMILES string of the molecule is CCN(CC)Cc1nc(C2CCc3ccc([C@H](C)[C@H](C)C(=O)O)cc3O2)ccc1-c1cc(OC)ncc1F. The number of rotatable bonds is 10. The number of carboxylic acid groups (broad SMARTS) is 1. The summed E-state index contributed by atoms with van der Waals surface area (Å²) in [6.45, 7) is 10.1. The Morgan fingerprint density at radius 3 is 2.63 bits per heavy atom. The summed E-state index contributed by atoms with van der Waals surface area (Å²) in [4.78, 5) is 22.7. The van der Waals surface area contributed by atoms with Crippen molar-refractivity contribution < 1.29 is 23.8 Å². The smallest absolute Gasteiger partial charge is 0.306 e. The summed E-state index contributed by atoms with van der Waals surface area (Å²) in [5.74, 6) is -0.787. The number of methoxy groups -OCH3 is 1. The van der Waals surface area contributed by atoms with Crippen molar-refractivity contribution in [2.45, 2.75) is 59.1 Å². The van der Waals surface area contributed by atoms with Crippen LogP contribution in [0.2, 0.25) is 0 Å². The lowest BCUT2D eigenvalue weighted by atomic mass is 9.87. The largest absolute Gasteiger partial charge is 0.484 e. The molecular formula is C30H36FN3O4. The topological polar surface area (TPSA) is 84.8 Å². The minimum absolute atomic E-state index is 0.146. The summed E-state index contributed by atoms with van der Waals surface area (Å²) in [7, 11) is 1.51. The van der Waals surface area contributed by atoms with Crippen molar-refractivity contribution in [1.29, 1.82) is 0 Å². The second-order valence-corrected chi connectivity index (χ2v) is 9.83. The Balaban J connectivity index is 1.68. The molecule has 7 nitrogen and oxygen atoms in total. The van der Waals surface area contributed by atoms with Crippen molar-refractivity contribution in [3.8, 4) is 22.8 Å². The van der Waals surface area contributed by atoms with Gasteiger partial charge in [-0.2, -0.15) is 0 Å². The van der Waals surface area contributed by atoms with Crippen LogP contribution in [0.1, 0.15) is 68.7 Å². The minimum Gasteiger partial charge on any atom is -0.484 e. The van der Waals surface area contributed by atoms with E-state index in [9.17, 15) is 14.3 Å². The molecule has 8 heteroatoms. The molecular weight excluding hydrogens is 485 g/mol. The fourth-order valence-electron chi connectivity index (χ4n) is 4.84. The number of aromatic nitrogens is 2. The van der Waals surface area contributed by atoms with E-state index in [1.165, 1.54) is 13.3 Å². The van der Waals surface area contributed by atoms with Gasteiger partial charge in [-0.1, -0.05) is 45.9 Å². The van der Waals surface area contributed by atoms with E-state index in [1.807, 2.05) is 37.3 Å². The highest BCUT2D eigenvalue weighted by Crippen LogP contribution is 2.38. The van der Waals surface area contributed by atoms with Crippen molar-refractivity contribution in [2.75, 3.05) is 20.2 Å². The van der Waals surface area contributed by atoms with Crippen molar-refractivity contribution in [1.82, 2.24) is 14.9 Å². The van der Waals surface area contributed by atoms with Gasteiger partial charge in [-0.25, -0.2) is 9.37 Å². The fraction of sp³-hybridized carbons (Fsp3) is 0.433. The van der Waals surface area contributed by atoms with E-state index in [2.05, 4.69) is 23.7 Å². The molecule has 4 rings (SSSR count). The van der Waals surface area contributed by atoms with Gasteiger partial charge in [0, 0.05) is 23.7 Å². The van der Waals surface area contributed by atoms with E-state index >= 15 is 0 Å². The molecule has 0 saturated heterocycles. The Morgan fingerprint density at radius 1 is 1.18 bits per heavy atom. The van der Waals surface area contributed by atoms with Gasteiger partial charge in [-0.3, -0.25) is 14.7 Å². The number of ether oxygens (including phenoxy) is 2. The van der Waals surface area contributed by atoms with Gasteiger partial charge >= 0.3 is 5.97 Å². The van der Waals surface area contributed by atoms with Gasteiger partial charge < -0.3 is 14.6 Å². The first-order chi connectivity index (χ1) is 18.2. The van der Waals surface area contributed by atoms with E-state index in [0.29, 0.717) is 23.6 Å². The maximum atomic E-state index is 14.9. The number of halogens is 1. The number of fused-ring (bicyclic) bond motifs is 1. The fourth-order valence-corrected chi connectivity index (χ4v) is 4.84. The number of pyridine rings is 2. The van der Waals surface area contributed by atoms with Gasteiger partial charge in [0.25, 0.3) is 0 Å². The van der Waals surface area contributed by atoms with Crippen molar-refractivity contribution in [2.24, 2.45) is 5.92 Å². The van der Waals surface area contributed by atoms with Gasteiger partial charge in [-0.15, -0.1) is 0 Å². The van der Waals surface area contributed by atoms with Crippen LogP contribution in [0.4, 0.5) is 4.39 Å². The Kier molecular flexibility index (Phi) is 8.62. The second-order valence-electron chi connectivity index (χ2n) is 9.83. The van der Waals surface area contributed by atoms with E-state index in [4.69, 9.17) is 14.5 Å². The quantitative estimate of drug-likeness (QED) is 0.349. The summed E-state index contributed by atoms with van der Waals surface area (Å²) < 4.78 is 26.6. The highest BCUT2D eigenvalue weighted by Gasteiger charge is 2.27. The van der Waals surface area contributed by atoms with Crippen LogP contribution < -0.4 is 9.47 Å².